The van der Waals surface area contributed by atoms with Crippen molar-refractivity contribution in [3.63, 3.8) is 0 Å². The van der Waals surface area contributed by atoms with Crippen molar-refractivity contribution in [3.05, 3.63) is 61.6 Å². The zero-order valence-electron chi connectivity index (χ0n) is 14.2. The van der Waals surface area contributed by atoms with Crippen LogP contribution in [0.15, 0.2) is 49.8 Å². The predicted molar refractivity (Wildman–Crippen MR) is 111 cm³/mol. The number of pyridine rings is 1. The van der Waals surface area contributed by atoms with E-state index in [-0.39, 0.29) is 5.89 Å². The van der Waals surface area contributed by atoms with Gasteiger partial charge in [0.2, 0.25) is 5.89 Å². The van der Waals surface area contributed by atoms with Gasteiger partial charge in [-0.3, -0.25) is 0 Å². The fourth-order valence-electron chi connectivity index (χ4n) is 3.03. The topological polar surface area (TPSA) is 86.7 Å². The lowest BCUT2D eigenvalue weighted by Gasteiger charge is -2.08. The number of rotatable bonds is 2. The van der Waals surface area contributed by atoms with Crippen molar-refractivity contribution < 1.29 is 4.42 Å². The Hall–Kier alpha value is -2.62. The molecule has 0 spiro atoms. The molecule has 10 heteroatoms. The van der Waals surface area contributed by atoms with Crippen LogP contribution in [0.2, 0.25) is 5.02 Å². The van der Waals surface area contributed by atoms with Gasteiger partial charge < -0.3 is 4.42 Å². The van der Waals surface area contributed by atoms with Crippen molar-refractivity contribution in [2.24, 2.45) is 0 Å². The SMILES string of the molecule is Cc1c2nc(-c3cc(Br)nn3-c3ncccc3Cl)oc(=O)c2cc2ncsc12. The molecule has 1 aromatic carbocycles. The van der Waals surface area contributed by atoms with Crippen LogP contribution in [-0.2, 0) is 0 Å². The fourth-order valence-corrected chi connectivity index (χ4v) is 4.38. The maximum Gasteiger partial charge on any atom is 0.347 e. The second-order valence-corrected chi connectivity index (χ2v) is 8.05. The van der Waals surface area contributed by atoms with Crippen molar-refractivity contribution in [1.29, 1.82) is 0 Å². The third-order valence-electron chi connectivity index (χ3n) is 4.29. The van der Waals surface area contributed by atoms with E-state index in [9.17, 15) is 4.79 Å². The Morgan fingerprint density at radius 2 is 2.14 bits per heavy atom. The van der Waals surface area contributed by atoms with E-state index in [4.69, 9.17) is 16.0 Å². The van der Waals surface area contributed by atoms with Gasteiger partial charge in [-0.2, -0.15) is 5.10 Å². The molecule has 0 aliphatic heterocycles. The molecule has 28 heavy (non-hydrogen) atoms. The summed E-state index contributed by atoms with van der Waals surface area (Å²) >= 11 is 11.1. The van der Waals surface area contributed by atoms with Gasteiger partial charge in [-0.05, 0) is 46.6 Å². The molecule has 0 atom stereocenters. The van der Waals surface area contributed by atoms with Gasteiger partial charge in [0.05, 0.1) is 31.7 Å². The van der Waals surface area contributed by atoms with Gasteiger partial charge in [-0.15, -0.1) is 11.3 Å². The lowest BCUT2D eigenvalue weighted by Crippen LogP contribution is -2.08. The second-order valence-electron chi connectivity index (χ2n) is 5.98. The Balaban J connectivity index is 1.82. The summed E-state index contributed by atoms with van der Waals surface area (Å²) in [4.78, 5) is 25.9. The van der Waals surface area contributed by atoms with Crippen LogP contribution in [0, 0.1) is 6.92 Å². The van der Waals surface area contributed by atoms with E-state index < -0.39 is 5.63 Å². The monoisotopic (exact) mass is 473 g/mol. The predicted octanol–water partition coefficient (Wildman–Crippen LogP) is 4.77. The molecule has 5 rings (SSSR count). The highest BCUT2D eigenvalue weighted by Gasteiger charge is 2.20. The van der Waals surface area contributed by atoms with Gasteiger partial charge in [0.1, 0.15) is 10.3 Å². The fraction of sp³-hybridized carbons (Fsp3) is 0.0556. The first-order valence-corrected chi connectivity index (χ1v) is 10.1. The standard InChI is InChI=1S/C18H9BrClN5O2S/c1-8-14-9(5-11-15(8)28-7-22-11)18(26)27-17(23-14)12-6-13(19)24-25(12)16-10(20)3-2-4-21-16/h2-7H,1H3. The first kappa shape index (κ1) is 17.5. The number of hydrogen-bond donors (Lipinski definition) is 0. The lowest BCUT2D eigenvalue weighted by atomic mass is 10.1. The van der Waals surface area contributed by atoms with Crippen LogP contribution in [0.1, 0.15) is 5.56 Å². The zero-order valence-corrected chi connectivity index (χ0v) is 17.3. The summed E-state index contributed by atoms with van der Waals surface area (Å²) < 4.78 is 8.54. The molecule has 0 unspecified atom stereocenters. The summed E-state index contributed by atoms with van der Waals surface area (Å²) in [6, 6.07) is 6.84. The first-order valence-electron chi connectivity index (χ1n) is 8.07. The van der Waals surface area contributed by atoms with E-state index in [0.29, 0.717) is 32.0 Å². The molecule has 5 aromatic rings. The minimum absolute atomic E-state index is 0.129. The van der Waals surface area contributed by atoms with E-state index >= 15 is 0 Å². The average Bonchev–Trinajstić information content (AvgIpc) is 3.30. The zero-order chi connectivity index (χ0) is 19.4. The first-order chi connectivity index (χ1) is 13.5. The van der Waals surface area contributed by atoms with Crippen LogP contribution in [0.3, 0.4) is 0 Å². The van der Waals surface area contributed by atoms with E-state index in [1.165, 1.54) is 16.0 Å². The molecule has 7 nitrogen and oxygen atoms in total. The minimum Gasteiger partial charge on any atom is -0.401 e. The average molecular weight is 475 g/mol. The quantitative estimate of drug-likeness (QED) is 0.366. The maximum atomic E-state index is 12.7. The van der Waals surface area contributed by atoms with Crippen LogP contribution >= 0.6 is 38.9 Å². The molecule has 4 aromatic heterocycles. The lowest BCUT2D eigenvalue weighted by molar-refractivity contribution is 0.513. The van der Waals surface area contributed by atoms with E-state index in [1.54, 1.807) is 36.0 Å². The van der Waals surface area contributed by atoms with Crippen LogP contribution in [0.4, 0.5) is 0 Å². The molecule has 0 aliphatic rings. The minimum atomic E-state index is -0.492. The molecule has 0 aliphatic carbocycles. The molecule has 4 heterocycles. The van der Waals surface area contributed by atoms with Crippen molar-refractivity contribution in [3.8, 4) is 17.4 Å². The van der Waals surface area contributed by atoms with Crippen molar-refractivity contribution in [2.75, 3.05) is 0 Å². The highest BCUT2D eigenvalue weighted by molar-refractivity contribution is 9.10. The molecule has 138 valence electrons. The van der Waals surface area contributed by atoms with Gasteiger partial charge in [0.15, 0.2) is 5.82 Å². The van der Waals surface area contributed by atoms with Crippen molar-refractivity contribution >= 4 is 60.0 Å². The Bertz CT molecular complexity index is 1440. The Kier molecular flexibility index (Phi) is 4.04. The van der Waals surface area contributed by atoms with Crippen molar-refractivity contribution in [2.45, 2.75) is 6.92 Å². The van der Waals surface area contributed by atoms with E-state index in [0.717, 1.165) is 15.8 Å². The number of hydrogen-bond acceptors (Lipinski definition) is 7. The summed E-state index contributed by atoms with van der Waals surface area (Å²) in [6.07, 6.45) is 1.61. The number of nitrogens with zero attached hydrogens (tertiary/aromatic N) is 5. The summed E-state index contributed by atoms with van der Waals surface area (Å²) in [5.74, 6) is 0.536. The maximum absolute atomic E-state index is 12.7. The normalized spacial score (nSPS) is 11.5. The number of aryl methyl sites for hydroxylation is 1. The molecule has 0 saturated carbocycles. The molecule has 0 saturated heterocycles. The molecule has 0 N–H and O–H groups in total. The van der Waals surface area contributed by atoms with Gasteiger partial charge >= 0.3 is 5.63 Å². The molecule has 0 fully saturated rings. The van der Waals surface area contributed by atoms with Gasteiger partial charge in [-0.25, -0.2) is 24.4 Å². The van der Waals surface area contributed by atoms with E-state index in [2.05, 4.69) is 36.0 Å². The number of fused-ring (bicyclic) bond motifs is 2. The number of benzene rings is 1. The number of thiazole rings is 1. The highest BCUT2D eigenvalue weighted by Crippen LogP contribution is 2.31. The summed E-state index contributed by atoms with van der Waals surface area (Å²) in [6.45, 7) is 1.92. The molecule has 0 amide bonds. The van der Waals surface area contributed by atoms with Crippen LogP contribution < -0.4 is 5.63 Å². The van der Waals surface area contributed by atoms with E-state index in [1.807, 2.05) is 6.92 Å². The molecular formula is C18H9BrClN5O2S. The van der Waals surface area contributed by atoms with Crippen molar-refractivity contribution in [1.82, 2.24) is 24.7 Å². The van der Waals surface area contributed by atoms with Crippen LogP contribution in [0.25, 0.3) is 38.5 Å². The summed E-state index contributed by atoms with van der Waals surface area (Å²) in [5, 5.41) is 5.17. The van der Waals surface area contributed by atoms with Gasteiger partial charge in [0, 0.05) is 12.3 Å². The van der Waals surface area contributed by atoms with Crippen LogP contribution in [0.5, 0.6) is 0 Å². The number of aromatic nitrogens is 5. The third kappa shape index (κ3) is 2.66. The molecular weight excluding hydrogens is 466 g/mol. The highest BCUT2D eigenvalue weighted by atomic mass is 79.9. The second kappa shape index (κ2) is 6.47. The Labute approximate surface area is 174 Å². The smallest absolute Gasteiger partial charge is 0.347 e. The Morgan fingerprint density at radius 1 is 1.29 bits per heavy atom. The Morgan fingerprint density at radius 3 is 2.96 bits per heavy atom. The number of halogens is 2. The largest absolute Gasteiger partial charge is 0.401 e. The van der Waals surface area contributed by atoms with Crippen LogP contribution in [-0.4, -0.2) is 24.7 Å². The third-order valence-corrected chi connectivity index (χ3v) is 5.93. The summed E-state index contributed by atoms with van der Waals surface area (Å²) in [5.41, 5.74) is 3.91. The molecule has 0 radical (unpaired) electrons. The van der Waals surface area contributed by atoms with Gasteiger partial charge in [-0.1, -0.05) is 11.6 Å². The molecule has 0 bridgehead atoms. The summed E-state index contributed by atoms with van der Waals surface area (Å²) in [7, 11) is 0. The van der Waals surface area contributed by atoms with Gasteiger partial charge in [0.25, 0.3) is 0 Å².